The average Bonchev–Trinajstić information content (AvgIpc) is 3.30. The Hall–Kier alpha value is -2.58. The molecule has 1 aliphatic heterocycles. The number of hydrogen-bond acceptors (Lipinski definition) is 6. The van der Waals surface area contributed by atoms with Crippen LogP contribution in [0.3, 0.4) is 0 Å². The van der Waals surface area contributed by atoms with Crippen molar-refractivity contribution < 1.29 is 9.13 Å². The summed E-state index contributed by atoms with van der Waals surface area (Å²) in [6.07, 6.45) is 6.13. The van der Waals surface area contributed by atoms with Gasteiger partial charge in [-0.2, -0.15) is 0 Å². The number of ether oxygens (including phenoxy) is 1. The molecule has 2 aromatic heterocycles. The Kier molecular flexibility index (Phi) is 5.26. The van der Waals surface area contributed by atoms with E-state index in [0.717, 1.165) is 42.9 Å². The van der Waals surface area contributed by atoms with E-state index in [9.17, 15) is 4.39 Å². The Bertz CT molecular complexity index is 891. The molecule has 1 aliphatic rings. The summed E-state index contributed by atoms with van der Waals surface area (Å²) < 4.78 is 18.9. The van der Waals surface area contributed by atoms with Crippen molar-refractivity contribution in [2.45, 2.75) is 32.0 Å². The van der Waals surface area contributed by atoms with Gasteiger partial charge in [0.05, 0.1) is 23.7 Å². The SMILES string of the molecule is CN(Cc1cnc(NCC2CCCO2)nc1)Cc1nc2ccc(F)cc2[nH]1. The van der Waals surface area contributed by atoms with Crippen LogP contribution >= 0.6 is 0 Å². The third kappa shape index (κ3) is 4.58. The number of benzene rings is 1. The maximum atomic E-state index is 13.3. The summed E-state index contributed by atoms with van der Waals surface area (Å²) >= 11 is 0. The monoisotopic (exact) mass is 370 g/mol. The molecule has 3 aromatic rings. The zero-order valence-electron chi connectivity index (χ0n) is 15.3. The van der Waals surface area contributed by atoms with Crippen molar-refractivity contribution in [2.75, 3.05) is 25.5 Å². The number of nitrogens with zero attached hydrogens (tertiary/aromatic N) is 4. The van der Waals surface area contributed by atoms with Crippen LogP contribution in [0.2, 0.25) is 0 Å². The zero-order valence-corrected chi connectivity index (χ0v) is 15.3. The van der Waals surface area contributed by atoms with E-state index in [1.54, 1.807) is 6.07 Å². The number of hydrogen-bond donors (Lipinski definition) is 2. The summed E-state index contributed by atoms with van der Waals surface area (Å²) in [4.78, 5) is 18.5. The van der Waals surface area contributed by atoms with E-state index in [4.69, 9.17) is 4.74 Å². The Morgan fingerprint density at radius 1 is 1.30 bits per heavy atom. The van der Waals surface area contributed by atoms with Crippen molar-refractivity contribution in [3.63, 3.8) is 0 Å². The van der Waals surface area contributed by atoms with Gasteiger partial charge in [-0.15, -0.1) is 0 Å². The minimum atomic E-state index is -0.267. The lowest BCUT2D eigenvalue weighted by Crippen LogP contribution is -2.20. The number of rotatable bonds is 7. The highest BCUT2D eigenvalue weighted by Gasteiger charge is 2.15. The molecule has 1 atom stereocenters. The van der Waals surface area contributed by atoms with Crippen LogP contribution in [0.15, 0.2) is 30.6 Å². The van der Waals surface area contributed by atoms with E-state index in [1.165, 1.54) is 12.1 Å². The van der Waals surface area contributed by atoms with Gasteiger partial charge in [0.25, 0.3) is 0 Å². The van der Waals surface area contributed by atoms with Crippen LogP contribution in [0, 0.1) is 5.82 Å². The molecule has 1 unspecified atom stereocenters. The van der Waals surface area contributed by atoms with Crippen LogP contribution in [-0.2, 0) is 17.8 Å². The Labute approximate surface area is 157 Å². The Morgan fingerprint density at radius 3 is 2.93 bits per heavy atom. The van der Waals surface area contributed by atoms with E-state index in [1.807, 2.05) is 19.4 Å². The number of aromatic nitrogens is 4. The standard InChI is InChI=1S/C19H23FN6O/c1-26(12-18-24-16-5-4-14(20)7-17(16)25-18)11-13-8-21-19(22-9-13)23-10-15-3-2-6-27-15/h4-5,7-9,15H,2-3,6,10-12H2,1H3,(H,24,25)(H,21,22,23). The third-order valence-electron chi connectivity index (χ3n) is 4.58. The van der Waals surface area contributed by atoms with Gasteiger partial charge < -0.3 is 15.0 Å². The van der Waals surface area contributed by atoms with Gasteiger partial charge in [-0.05, 0) is 38.1 Å². The molecule has 0 spiro atoms. The van der Waals surface area contributed by atoms with E-state index < -0.39 is 0 Å². The molecule has 4 rings (SSSR count). The molecular weight excluding hydrogens is 347 g/mol. The smallest absolute Gasteiger partial charge is 0.222 e. The second-order valence-electron chi connectivity index (χ2n) is 6.95. The van der Waals surface area contributed by atoms with Gasteiger partial charge in [0.1, 0.15) is 11.6 Å². The summed E-state index contributed by atoms with van der Waals surface area (Å²) in [5.41, 5.74) is 2.50. The summed E-state index contributed by atoms with van der Waals surface area (Å²) in [6.45, 7) is 2.90. The van der Waals surface area contributed by atoms with Gasteiger partial charge in [0.15, 0.2) is 0 Å². The van der Waals surface area contributed by atoms with Gasteiger partial charge in [0.2, 0.25) is 5.95 Å². The molecule has 3 heterocycles. The molecule has 0 aliphatic carbocycles. The quantitative estimate of drug-likeness (QED) is 0.666. The average molecular weight is 370 g/mol. The molecule has 0 radical (unpaired) electrons. The first kappa shape index (κ1) is 17.8. The van der Waals surface area contributed by atoms with E-state index in [-0.39, 0.29) is 11.9 Å². The number of imidazole rings is 1. The molecular formula is C19H23FN6O. The molecule has 2 N–H and O–H groups in total. The molecule has 142 valence electrons. The number of anilines is 1. The lowest BCUT2D eigenvalue weighted by Gasteiger charge is -2.15. The number of halogens is 1. The first-order valence-corrected chi connectivity index (χ1v) is 9.15. The van der Waals surface area contributed by atoms with E-state index in [0.29, 0.717) is 24.6 Å². The van der Waals surface area contributed by atoms with Crippen molar-refractivity contribution in [1.82, 2.24) is 24.8 Å². The van der Waals surface area contributed by atoms with Crippen LogP contribution < -0.4 is 5.32 Å². The van der Waals surface area contributed by atoms with Gasteiger partial charge in [-0.25, -0.2) is 19.3 Å². The maximum absolute atomic E-state index is 13.3. The van der Waals surface area contributed by atoms with E-state index >= 15 is 0 Å². The summed E-state index contributed by atoms with van der Waals surface area (Å²) in [5.74, 6) is 1.15. The third-order valence-corrected chi connectivity index (χ3v) is 4.58. The highest BCUT2D eigenvalue weighted by atomic mass is 19.1. The molecule has 7 nitrogen and oxygen atoms in total. The molecule has 0 saturated carbocycles. The van der Waals surface area contributed by atoms with Crippen LogP contribution in [0.5, 0.6) is 0 Å². The van der Waals surface area contributed by atoms with Crippen molar-refractivity contribution >= 4 is 17.0 Å². The van der Waals surface area contributed by atoms with Crippen LogP contribution in [-0.4, -0.2) is 51.1 Å². The number of fused-ring (bicyclic) bond motifs is 1. The molecule has 27 heavy (non-hydrogen) atoms. The minimum absolute atomic E-state index is 0.261. The van der Waals surface area contributed by atoms with Gasteiger partial charge in [-0.3, -0.25) is 4.90 Å². The largest absolute Gasteiger partial charge is 0.376 e. The second-order valence-corrected chi connectivity index (χ2v) is 6.95. The van der Waals surface area contributed by atoms with E-state index in [2.05, 4.69) is 30.2 Å². The fourth-order valence-corrected chi connectivity index (χ4v) is 3.27. The molecule has 8 heteroatoms. The topological polar surface area (TPSA) is 79.0 Å². The summed E-state index contributed by atoms with van der Waals surface area (Å²) in [5, 5.41) is 3.22. The number of nitrogens with one attached hydrogen (secondary N) is 2. The van der Waals surface area contributed by atoms with Crippen molar-refractivity contribution in [3.8, 4) is 0 Å². The number of aromatic amines is 1. The highest BCUT2D eigenvalue weighted by molar-refractivity contribution is 5.74. The highest BCUT2D eigenvalue weighted by Crippen LogP contribution is 2.15. The van der Waals surface area contributed by atoms with Gasteiger partial charge in [-0.1, -0.05) is 0 Å². The fraction of sp³-hybridized carbons (Fsp3) is 0.421. The Morgan fingerprint density at radius 2 is 2.15 bits per heavy atom. The van der Waals surface area contributed by atoms with Crippen LogP contribution in [0.25, 0.3) is 11.0 Å². The fourth-order valence-electron chi connectivity index (χ4n) is 3.27. The molecule has 1 aromatic carbocycles. The van der Waals surface area contributed by atoms with Crippen molar-refractivity contribution in [2.24, 2.45) is 0 Å². The zero-order chi connectivity index (χ0) is 18.6. The summed E-state index contributed by atoms with van der Waals surface area (Å²) in [7, 11) is 2.00. The van der Waals surface area contributed by atoms with Crippen LogP contribution in [0.4, 0.5) is 10.3 Å². The predicted molar refractivity (Wildman–Crippen MR) is 101 cm³/mol. The molecule has 0 amide bonds. The maximum Gasteiger partial charge on any atom is 0.222 e. The normalized spacial score (nSPS) is 17.1. The lowest BCUT2D eigenvalue weighted by molar-refractivity contribution is 0.120. The van der Waals surface area contributed by atoms with Gasteiger partial charge in [0, 0.05) is 37.7 Å². The molecule has 0 bridgehead atoms. The number of H-pyrrole nitrogens is 1. The van der Waals surface area contributed by atoms with Gasteiger partial charge >= 0.3 is 0 Å². The minimum Gasteiger partial charge on any atom is -0.376 e. The Balaban J connectivity index is 1.30. The first-order chi connectivity index (χ1) is 13.2. The summed E-state index contributed by atoms with van der Waals surface area (Å²) in [6, 6.07) is 4.56. The second kappa shape index (κ2) is 7.98. The van der Waals surface area contributed by atoms with Crippen molar-refractivity contribution in [3.05, 3.63) is 47.8 Å². The lowest BCUT2D eigenvalue weighted by atomic mass is 10.2. The van der Waals surface area contributed by atoms with Crippen molar-refractivity contribution in [1.29, 1.82) is 0 Å². The van der Waals surface area contributed by atoms with Crippen LogP contribution in [0.1, 0.15) is 24.2 Å². The molecule has 1 fully saturated rings. The first-order valence-electron chi connectivity index (χ1n) is 9.15. The molecule has 1 saturated heterocycles. The predicted octanol–water partition coefficient (Wildman–Crippen LogP) is 2.71.